The molecule has 1 aliphatic rings. The average Bonchev–Trinajstić information content (AvgIpc) is 2.82. The molecule has 4 rings (SSSR count). The minimum atomic E-state index is 0.110. The van der Waals surface area contributed by atoms with Crippen LogP contribution in [-0.2, 0) is 0 Å². The van der Waals surface area contributed by atoms with Crippen molar-refractivity contribution in [2.24, 2.45) is 4.99 Å². The third kappa shape index (κ3) is 3.55. The zero-order valence-corrected chi connectivity index (χ0v) is 14.9. The topological polar surface area (TPSA) is 24.4 Å². The van der Waals surface area contributed by atoms with Crippen LogP contribution in [0.25, 0.3) is 0 Å². The highest BCUT2D eigenvalue weighted by atomic mass is 35.5. The molecular formula is C21H16Cl2N2. The molecule has 0 amide bonds. The lowest BCUT2D eigenvalue weighted by atomic mass is 9.97. The molecule has 0 saturated carbocycles. The van der Waals surface area contributed by atoms with Gasteiger partial charge < -0.3 is 5.32 Å². The number of nitrogens with one attached hydrogen (secondary N) is 1. The van der Waals surface area contributed by atoms with Crippen molar-refractivity contribution in [1.29, 1.82) is 0 Å². The standard InChI is InChI=1S/C21H16Cl2N2/c22-16-8-6-15(7-9-16)20-13-19(14-4-2-1-3-5-14)25-21-12-17(23)10-11-18(21)24-20/h1-12,20,24H,13H2. The molecule has 1 aliphatic heterocycles. The Morgan fingerprint density at radius 3 is 2.32 bits per heavy atom. The van der Waals surface area contributed by atoms with E-state index in [0.717, 1.165) is 34.1 Å². The molecule has 2 nitrogen and oxygen atoms in total. The number of hydrogen-bond acceptors (Lipinski definition) is 2. The lowest BCUT2D eigenvalue weighted by Crippen LogP contribution is -2.14. The predicted octanol–water partition coefficient (Wildman–Crippen LogP) is 6.67. The average molecular weight is 367 g/mol. The van der Waals surface area contributed by atoms with Gasteiger partial charge in [0.15, 0.2) is 0 Å². The van der Waals surface area contributed by atoms with Gasteiger partial charge in [-0.2, -0.15) is 0 Å². The summed E-state index contributed by atoms with van der Waals surface area (Å²) >= 11 is 12.2. The van der Waals surface area contributed by atoms with Gasteiger partial charge in [0.25, 0.3) is 0 Å². The molecule has 0 bridgehead atoms. The smallest absolute Gasteiger partial charge is 0.0879 e. The van der Waals surface area contributed by atoms with E-state index in [1.165, 1.54) is 5.56 Å². The molecule has 1 unspecified atom stereocenters. The summed E-state index contributed by atoms with van der Waals surface area (Å²) < 4.78 is 0. The van der Waals surface area contributed by atoms with E-state index in [2.05, 4.69) is 29.6 Å². The van der Waals surface area contributed by atoms with Crippen LogP contribution >= 0.6 is 23.2 Å². The van der Waals surface area contributed by atoms with Crippen LogP contribution in [0.2, 0.25) is 10.0 Å². The second-order valence-corrected chi connectivity index (χ2v) is 6.91. The van der Waals surface area contributed by atoms with Gasteiger partial charge in [0.1, 0.15) is 0 Å². The van der Waals surface area contributed by atoms with Gasteiger partial charge >= 0.3 is 0 Å². The second kappa shape index (κ2) is 6.91. The minimum absolute atomic E-state index is 0.110. The quantitative estimate of drug-likeness (QED) is 0.537. The van der Waals surface area contributed by atoms with E-state index in [1.54, 1.807) is 0 Å². The summed E-state index contributed by atoms with van der Waals surface area (Å²) in [5.41, 5.74) is 5.18. The maximum Gasteiger partial charge on any atom is 0.0879 e. The van der Waals surface area contributed by atoms with Gasteiger partial charge in [-0.1, -0.05) is 65.7 Å². The van der Waals surface area contributed by atoms with Crippen molar-refractivity contribution in [1.82, 2.24) is 0 Å². The molecule has 4 heteroatoms. The summed E-state index contributed by atoms with van der Waals surface area (Å²) in [5, 5.41) is 5.03. The Bertz CT molecular complexity index is 918. The molecule has 1 heterocycles. The van der Waals surface area contributed by atoms with Gasteiger partial charge in [-0.3, -0.25) is 4.99 Å². The molecule has 0 aromatic heterocycles. The van der Waals surface area contributed by atoms with Crippen LogP contribution in [0.5, 0.6) is 0 Å². The van der Waals surface area contributed by atoms with Crippen LogP contribution in [0.1, 0.15) is 23.6 Å². The van der Waals surface area contributed by atoms with E-state index in [0.29, 0.717) is 5.02 Å². The van der Waals surface area contributed by atoms with Gasteiger partial charge in [0.2, 0.25) is 0 Å². The summed E-state index contributed by atoms with van der Waals surface area (Å²) in [6, 6.07) is 24.1. The van der Waals surface area contributed by atoms with Crippen molar-refractivity contribution in [2.75, 3.05) is 5.32 Å². The first kappa shape index (κ1) is 16.2. The lowest BCUT2D eigenvalue weighted by molar-refractivity contribution is 0.828. The lowest BCUT2D eigenvalue weighted by Gasteiger charge is -2.19. The largest absolute Gasteiger partial charge is 0.376 e. The highest BCUT2D eigenvalue weighted by molar-refractivity contribution is 6.31. The van der Waals surface area contributed by atoms with Crippen molar-refractivity contribution in [3.63, 3.8) is 0 Å². The summed E-state index contributed by atoms with van der Waals surface area (Å²) in [4.78, 5) is 4.91. The highest BCUT2D eigenvalue weighted by Crippen LogP contribution is 2.37. The molecule has 25 heavy (non-hydrogen) atoms. The Balaban J connectivity index is 1.81. The monoisotopic (exact) mass is 366 g/mol. The zero-order valence-electron chi connectivity index (χ0n) is 13.4. The third-order valence-electron chi connectivity index (χ3n) is 4.32. The summed E-state index contributed by atoms with van der Waals surface area (Å²) in [6.45, 7) is 0. The number of hydrogen-bond donors (Lipinski definition) is 1. The third-order valence-corrected chi connectivity index (χ3v) is 4.81. The fourth-order valence-corrected chi connectivity index (χ4v) is 3.34. The van der Waals surface area contributed by atoms with Gasteiger partial charge in [-0.05, 0) is 41.5 Å². The van der Waals surface area contributed by atoms with E-state index in [9.17, 15) is 0 Å². The van der Waals surface area contributed by atoms with E-state index in [4.69, 9.17) is 28.2 Å². The maximum absolute atomic E-state index is 6.18. The molecule has 3 aromatic carbocycles. The van der Waals surface area contributed by atoms with E-state index < -0.39 is 0 Å². The molecule has 0 saturated heterocycles. The van der Waals surface area contributed by atoms with Crippen molar-refractivity contribution < 1.29 is 0 Å². The Kier molecular flexibility index (Phi) is 4.48. The maximum atomic E-state index is 6.18. The Hall–Kier alpha value is -2.29. The van der Waals surface area contributed by atoms with Gasteiger partial charge in [0, 0.05) is 16.5 Å². The predicted molar refractivity (Wildman–Crippen MR) is 107 cm³/mol. The molecule has 0 fully saturated rings. The second-order valence-electron chi connectivity index (χ2n) is 6.04. The van der Waals surface area contributed by atoms with E-state index in [1.807, 2.05) is 48.5 Å². The number of benzene rings is 3. The molecular weight excluding hydrogens is 351 g/mol. The van der Waals surface area contributed by atoms with Crippen LogP contribution < -0.4 is 5.32 Å². The van der Waals surface area contributed by atoms with Crippen molar-refractivity contribution in [3.8, 4) is 0 Å². The number of anilines is 1. The fourth-order valence-electron chi connectivity index (χ4n) is 3.05. The molecule has 0 spiro atoms. The summed E-state index contributed by atoms with van der Waals surface area (Å²) in [6.07, 6.45) is 0.776. The Morgan fingerprint density at radius 1 is 0.840 bits per heavy atom. The summed E-state index contributed by atoms with van der Waals surface area (Å²) in [7, 11) is 0. The molecule has 1 N–H and O–H groups in total. The minimum Gasteiger partial charge on any atom is -0.376 e. The van der Waals surface area contributed by atoms with Crippen molar-refractivity contribution in [3.05, 3.63) is 94.0 Å². The first-order chi connectivity index (χ1) is 12.2. The highest BCUT2D eigenvalue weighted by Gasteiger charge is 2.21. The normalized spacial score (nSPS) is 16.4. The van der Waals surface area contributed by atoms with E-state index in [-0.39, 0.29) is 6.04 Å². The summed E-state index contributed by atoms with van der Waals surface area (Å²) in [5.74, 6) is 0. The van der Waals surface area contributed by atoms with Crippen LogP contribution in [0, 0.1) is 0 Å². The molecule has 0 aliphatic carbocycles. The van der Waals surface area contributed by atoms with Crippen LogP contribution in [0.4, 0.5) is 11.4 Å². The zero-order chi connectivity index (χ0) is 17.2. The van der Waals surface area contributed by atoms with E-state index >= 15 is 0 Å². The first-order valence-electron chi connectivity index (χ1n) is 8.13. The van der Waals surface area contributed by atoms with Gasteiger partial charge in [0.05, 0.1) is 23.1 Å². The number of nitrogens with zero attached hydrogens (tertiary/aromatic N) is 1. The number of aliphatic imine (C=N–C) groups is 1. The first-order valence-corrected chi connectivity index (χ1v) is 8.89. The van der Waals surface area contributed by atoms with Crippen LogP contribution in [-0.4, -0.2) is 5.71 Å². The number of fused-ring (bicyclic) bond motifs is 1. The molecule has 0 radical (unpaired) electrons. The molecule has 1 atom stereocenters. The SMILES string of the molecule is Clc1ccc(C2CC(c3ccccc3)=Nc3cc(Cl)ccc3N2)cc1. The van der Waals surface area contributed by atoms with Crippen molar-refractivity contribution >= 4 is 40.3 Å². The molecule has 124 valence electrons. The Labute approximate surface area is 157 Å². The van der Waals surface area contributed by atoms with Crippen molar-refractivity contribution in [2.45, 2.75) is 12.5 Å². The molecule has 3 aromatic rings. The van der Waals surface area contributed by atoms with Gasteiger partial charge in [-0.25, -0.2) is 0 Å². The number of halogens is 2. The Morgan fingerprint density at radius 2 is 1.56 bits per heavy atom. The van der Waals surface area contributed by atoms with Crippen LogP contribution in [0.3, 0.4) is 0 Å². The van der Waals surface area contributed by atoms with Gasteiger partial charge in [-0.15, -0.1) is 0 Å². The van der Waals surface area contributed by atoms with Crippen LogP contribution in [0.15, 0.2) is 77.8 Å². The fraction of sp³-hybridized carbons (Fsp3) is 0.0952. The number of rotatable bonds is 2.